The molecule has 4 aromatic rings. The van der Waals surface area contributed by atoms with Gasteiger partial charge in [-0.15, -0.1) is 0 Å². The summed E-state index contributed by atoms with van der Waals surface area (Å²) in [5.74, 6) is -0.107. The highest BCUT2D eigenvalue weighted by Crippen LogP contribution is 2.18. The zero-order chi connectivity index (χ0) is 19.3. The first-order valence-corrected chi connectivity index (χ1v) is 9.76. The van der Waals surface area contributed by atoms with Crippen molar-refractivity contribution in [1.82, 2.24) is 14.7 Å². The maximum Gasteiger partial charge on any atom is 0.246 e. The number of imidazole rings is 1. The van der Waals surface area contributed by atoms with Gasteiger partial charge in [0.2, 0.25) is 5.91 Å². The molecule has 0 spiro atoms. The van der Waals surface area contributed by atoms with E-state index in [1.165, 1.54) is 0 Å². The van der Waals surface area contributed by atoms with Gasteiger partial charge in [0, 0.05) is 29.1 Å². The summed E-state index contributed by atoms with van der Waals surface area (Å²) in [5.41, 5.74) is 3.41. The van der Waals surface area contributed by atoms with Crippen LogP contribution in [0.15, 0.2) is 89.7 Å². The zero-order valence-corrected chi connectivity index (χ0v) is 16.6. The smallest absolute Gasteiger partial charge is 0.246 e. The van der Waals surface area contributed by atoms with Gasteiger partial charge in [-0.1, -0.05) is 48.5 Å². The summed E-state index contributed by atoms with van der Waals surface area (Å²) in [6.07, 6.45) is 3.92. The number of nitrogens with zero attached hydrogens (tertiary/aromatic N) is 2. The van der Waals surface area contributed by atoms with Crippen LogP contribution in [-0.2, 0) is 11.3 Å². The molecular weight excluding hydrogens is 416 g/mol. The summed E-state index contributed by atoms with van der Waals surface area (Å²) >= 11 is 3.47. The topological polar surface area (TPSA) is 58.4 Å². The van der Waals surface area contributed by atoms with Gasteiger partial charge in [0.05, 0.1) is 5.69 Å². The fourth-order valence-electron chi connectivity index (χ4n) is 3.05. The van der Waals surface area contributed by atoms with Crippen LogP contribution >= 0.6 is 15.9 Å². The molecule has 0 saturated heterocycles. The monoisotopic (exact) mass is 434 g/mol. The number of fused-ring (bicyclic) bond motifs is 1. The van der Waals surface area contributed by atoms with Crippen LogP contribution in [0, 0.1) is 0 Å². The SMILES string of the molecule is O=C(Nc1ccccc1)C(NCc1cn2cc(Br)ccc2n1)c1ccccc1. The standard InChI is InChI=1S/C22H19BrN4O/c23-17-11-12-20-25-19(15-27(20)14-17)13-24-21(16-7-3-1-4-8-16)22(28)26-18-9-5-2-6-10-18/h1-12,14-15,21,24H,13H2,(H,26,28). The third-order valence-corrected chi connectivity index (χ3v) is 4.86. The highest BCUT2D eigenvalue weighted by molar-refractivity contribution is 9.10. The second kappa shape index (κ2) is 8.37. The number of amides is 1. The number of para-hydroxylation sites is 1. The minimum absolute atomic E-state index is 0.107. The van der Waals surface area contributed by atoms with E-state index in [0.717, 1.165) is 27.1 Å². The van der Waals surface area contributed by atoms with Crippen LogP contribution in [0.2, 0.25) is 0 Å². The molecule has 2 aromatic carbocycles. The number of benzene rings is 2. The van der Waals surface area contributed by atoms with Crippen LogP contribution in [0.5, 0.6) is 0 Å². The summed E-state index contributed by atoms with van der Waals surface area (Å²) < 4.78 is 2.95. The fraction of sp³-hybridized carbons (Fsp3) is 0.0909. The van der Waals surface area contributed by atoms with E-state index in [4.69, 9.17) is 0 Å². The van der Waals surface area contributed by atoms with E-state index >= 15 is 0 Å². The quantitative estimate of drug-likeness (QED) is 0.467. The third-order valence-electron chi connectivity index (χ3n) is 4.39. The molecule has 140 valence electrons. The van der Waals surface area contributed by atoms with Crippen LogP contribution in [0.4, 0.5) is 5.69 Å². The molecular formula is C22H19BrN4O. The average Bonchev–Trinajstić information content (AvgIpc) is 3.11. The number of hydrogen-bond acceptors (Lipinski definition) is 3. The fourth-order valence-corrected chi connectivity index (χ4v) is 3.41. The number of rotatable bonds is 6. The molecule has 2 N–H and O–H groups in total. The molecule has 28 heavy (non-hydrogen) atoms. The largest absolute Gasteiger partial charge is 0.324 e. The molecule has 6 heteroatoms. The predicted octanol–water partition coefficient (Wildman–Crippen LogP) is 4.57. The normalized spacial score (nSPS) is 12.0. The van der Waals surface area contributed by atoms with Crippen molar-refractivity contribution in [2.75, 3.05) is 5.32 Å². The Bertz CT molecular complexity index is 1080. The van der Waals surface area contributed by atoms with Gasteiger partial charge >= 0.3 is 0 Å². The minimum atomic E-state index is -0.488. The molecule has 2 aromatic heterocycles. The Morgan fingerprint density at radius 2 is 1.68 bits per heavy atom. The number of carbonyl (C=O) groups is 1. The van der Waals surface area contributed by atoms with Gasteiger partial charge < -0.3 is 9.72 Å². The van der Waals surface area contributed by atoms with Crippen molar-refractivity contribution in [3.63, 3.8) is 0 Å². The van der Waals surface area contributed by atoms with Gasteiger partial charge in [-0.25, -0.2) is 4.98 Å². The average molecular weight is 435 g/mol. The van der Waals surface area contributed by atoms with Gasteiger partial charge in [-0.2, -0.15) is 0 Å². The number of nitrogens with one attached hydrogen (secondary N) is 2. The van der Waals surface area contributed by atoms with Crippen LogP contribution in [0.3, 0.4) is 0 Å². The van der Waals surface area contributed by atoms with E-state index in [2.05, 4.69) is 31.5 Å². The summed E-state index contributed by atoms with van der Waals surface area (Å²) in [6.45, 7) is 0.473. The first-order valence-electron chi connectivity index (χ1n) is 8.96. The van der Waals surface area contributed by atoms with Gasteiger partial charge in [-0.3, -0.25) is 10.1 Å². The number of aromatic nitrogens is 2. The van der Waals surface area contributed by atoms with Crippen molar-refractivity contribution >= 4 is 33.2 Å². The van der Waals surface area contributed by atoms with E-state index in [-0.39, 0.29) is 5.91 Å². The van der Waals surface area contributed by atoms with Crippen molar-refractivity contribution < 1.29 is 4.79 Å². The van der Waals surface area contributed by atoms with E-state index < -0.39 is 6.04 Å². The highest BCUT2D eigenvalue weighted by Gasteiger charge is 2.20. The van der Waals surface area contributed by atoms with Crippen LogP contribution in [-0.4, -0.2) is 15.3 Å². The van der Waals surface area contributed by atoms with Crippen LogP contribution in [0.1, 0.15) is 17.3 Å². The Labute approximate surface area is 171 Å². The van der Waals surface area contributed by atoms with Crippen LogP contribution in [0.25, 0.3) is 5.65 Å². The number of pyridine rings is 1. The molecule has 1 unspecified atom stereocenters. The molecule has 0 bridgehead atoms. The summed E-state index contributed by atoms with van der Waals surface area (Å²) in [4.78, 5) is 17.6. The number of anilines is 1. The van der Waals surface area contributed by atoms with E-state index in [0.29, 0.717) is 6.54 Å². The van der Waals surface area contributed by atoms with Gasteiger partial charge in [0.15, 0.2) is 0 Å². The third kappa shape index (κ3) is 4.30. The lowest BCUT2D eigenvalue weighted by molar-refractivity contribution is -0.118. The zero-order valence-electron chi connectivity index (χ0n) is 15.0. The van der Waals surface area contributed by atoms with Crippen molar-refractivity contribution in [2.45, 2.75) is 12.6 Å². The number of halogens is 1. The Balaban J connectivity index is 1.54. The molecule has 2 heterocycles. The first kappa shape index (κ1) is 18.4. The lowest BCUT2D eigenvalue weighted by atomic mass is 10.1. The second-order valence-corrected chi connectivity index (χ2v) is 7.34. The Morgan fingerprint density at radius 1 is 0.964 bits per heavy atom. The lowest BCUT2D eigenvalue weighted by Gasteiger charge is -2.18. The van der Waals surface area contributed by atoms with Crippen molar-refractivity contribution in [1.29, 1.82) is 0 Å². The van der Waals surface area contributed by atoms with Gasteiger partial charge in [0.25, 0.3) is 0 Å². The molecule has 0 saturated carbocycles. The minimum Gasteiger partial charge on any atom is -0.324 e. The maximum atomic E-state index is 12.9. The molecule has 5 nitrogen and oxygen atoms in total. The summed E-state index contributed by atoms with van der Waals surface area (Å²) in [7, 11) is 0. The molecule has 4 rings (SSSR count). The number of carbonyl (C=O) groups excluding carboxylic acids is 1. The van der Waals surface area contributed by atoms with E-state index in [1.54, 1.807) is 0 Å². The number of hydrogen-bond donors (Lipinski definition) is 2. The molecule has 1 amide bonds. The van der Waals surface area contributed by atoms with E-state index in [9.17, 15) is 4.79 Å². The highest BCUT2D eigenvalue weighted by atomic mass is 79.9. The molecule has 0 fully saturated rings. The molecule has 0 aliphatic rings. The Hall–Kier alpha value is -2.96. The van der Waals surface area contributed by atoms with Crippen molar-refractivity contribution in [3.8, 4) is 0 Å². The first-order chi connectivity index (χ1) is 13.7. The van der Waals surface area contributed by atoms with Gasteiger partial charge in [-0.05, 0) is 45.8 Å². The Kier molecular flexibility index (Phi) is 5.50. The van der Waals surface area contributed by atoms with Gasteiger partial charge in [0.1, 0.15) is 11.7 Å². The Morgan fingerprint density at radius 3 is 2.43 bits per heavy atom. The molecule has 0 radical (unpaired) electrons. The lowest BCUT2D eigenvalue weighted by Crippen LogP contribution is -2.32. The van der Waals surface area contributed by atoms with E-state index in [1.807, 2.05) is 89.6 Å². The molecule has 1 atom stereocenters. The van der Waals surface area contributed by atoms with Crippen molar-refractivity contribution in [3.05, 3.63) is 101 Å². The summed E-state index contributed by atoms with van der Waals surface area (Å²) in [6, 6.07) is 22.6. The molecule has 0 aliphatic heterocycles. The maximum absolute atomic E-state index is 12.9. The molecule has 0 aliphatic carbocycles. The van der Waals surface area contributed by atoms with Crippen molar-refractivity contribution in [2.24, 2.45) is 0 Å². The summed E-state index contributed by atoms with van der Waals surface area (Å²) in [5, 5.41) is 6.33. The second-order valence-electron chi connectivity index (χ2n) is 6.42. The predicted molar refractivity (Wildman–Crippen MR) is 114 cm³/mol. The van der Waals surface area contributed by atoms with Crippen LogP contribution < -0.4 is 10.6 Å².